The molecule has 4 aromatic rings. The highest BCUT2D eigenvalue weighted by Crippen LogP contribution is 2.32. The average Bonchev–Trinajstić information content (AvgIpc) is 3.41. The summed E-state index contributed by atoms with van der Waals surface area (Å²) in [5.74, 6) is 2.70. The lowest BCUT2D eigenvalue weighted by atomic mass is 10.2. The number of fused-ring (bicyclic) bond motifs is 1. The summed E-state index contributed by atoms with van der Waals surface area (Å²) in [7, 11) is 0. The summed E-state index contributed by atoms with van der Waals surface area (Å²) < 4.78 is 7.62. The number of hydrogen-bond acceptors (Lipinski definition) is 7. The lowest BCUT2D eigenvalue weighted by Gasteiger charge is -2.32. The Balaban J connectivity index is 1.45. The van der Waals surface area contributed by atoms with E-state index < -0.39 is 0 Å². The molecule has 0 amide bonds. The van der Waals surface area contributed by atoms with Gasteiger partial charge in [-0.1, -0.05) is 22.8 Å². The number of halogens is 1. The fourth-order valence-corrected chi connectivity index (χ4v) is 3.77. The third kappa shape index (κ3) is 3.25. The number of hydrogen-bond donors (Lipinski definition) is 0. The zero-order chi connectivity index (χ0) is 19.8. The second-order valence-corrected chi connectivity index (χ2v) is 7.34. The second-order valence-electron chi connectivity index (χ2n) is 6.90. The van der Waals surface area contributed by atoms with Gasteiger partial charge in [0.05, 0.1) is 6.04 Å². The number of nitrogens with zero attached hydrogens (tertiary/aromatic N) is 7. The van der Waals surface area contributed by atoms with Gasteiger partial charge < -0.3 is 9.42 Å². The van der Waals surface area contributed by atoms with Crippen LogP contribution in [0.4, 0.5) is 5.95 Å². The van der Waals surface area contributed by atoms with E-state index in [1.807, 2.05) is 43.3 Å². The molecule has 0 fully saturated rings. The molecule has 1 atom stereocenters. The molecule has 1 aliphatic rings. The minimum absolute atomic E-state index is 0.111. The van der Waals surface area contributed by atoms with E-state index in [0.717, 1.165) is 42.4 Å². The minimum Gasteiger partial charge on any atom is -0.334 e. The maximum absolute atomic E-state index is 6.07. The van der Waals surface area contributed by atoms with Crippen molar-refractivity contribution in [2.45, 2.75) is 25.9 Å². The molecule has 0 saturated carbocycles. The first-order chi connectivity index (χ1) is 14.2. The molecule has 1 aliphatic heterocycles. The van der Waals surface area contributed by atoms with Gasteiger partial charge in [0.15, 0.2) is 11.6 Å². The zero-order valence-corrected chi connectivity index (χ0v) is 16.5. The predicted octanol–water partition coefficient (Wildman–Crippen LogP) is 4.01. The lowest BCUT2D eigenvalue weighted by Crippen LogP contribution is -2.35. The minimum atomic E-state index is -0.111. The van der Waals surface area contributed by atoms with E-state index in [0.29, 0.717) is 16.7 Å². The molecule has 0 spiro atoms. The first-order valence-electron chi connectivity index (χ1n) is 9.40. The molecule has 0 N–H and O–H groups in total. The second kappa shape index (κ2) is 7.29. The van der Waals surface area contributed by atoms with Crippen LogP contribution >= 0.6 is 11.6 Å². The van der Waals surface area contributed by atoms with E-state index >= 15 is 0 Å². The summed E-state index contributed by atoms with van der Waals surface area (Å²) >= 11 is 6.07. The van der Waals surface area contributed by atoms with Gasteiger partial charge in [0, 0.05) is 41.6 Å². The van der Waals surface area contributed by atoms with Crippen molar-refractivity contribution < 1.29 is 4.52 Å². The van der Waals surface area contributed by atoms with Gasteiger partial charge in [0.25, 0.3) is 5.89 Å². The number of aromatic nitrogens is 6. The van der Waals surface area contributed by atoms with Crippen LogP contribution < -0.4 is 4.90 Å². The smallest absolute Gasteiger partial charge is 0.258 e. The Bertz CT molecular complexity index is 1140. The topological polar surface area (TPSA) is 85.8 Å². The molecule has 29 heavy (non-hydrogen) atoms. The molecule has 0 unspecified atom stereocenters. The summed E-state index contributed by atoms with van der Waals surface area (Å²) in [6, 6.07) is 11.1. The average molecular weight is 408 g/mol. The van der Waals surface area contributed by atoms with Gasteiger partial charge in [-0.2, -0.15) is 4.98 Å². The summed E-state index contributed by atoms with van der Waals surface area (Å²) in [4.78, 5) is 10.8. The van der Waals surface area contributed by atoms with E-state index in [1.54, 1.807) is 12.4 Å². The predicted molar refractivity (Wildman–Crippen MR) is 108 cm³/mol. The molecule has 0 aliphatic carbocycles. The van der Waals surface area contributed by atoms with Crippen LogP contribution in [0.25, 0.3) is 22.8 Å². The van der Waals surface area contributed by atoms with Crippen molar-refractivity contribution in [1.29, 1.82) is 0 Å². The van der Waals surface area contributed by atoms with E-state index in [1.165, 1.54) is 0 Å². The van der Waals surface area contributed by atoms with Gasteiger partial charge in [-0.15, -0.1) is 10.2 Å². The number of rotatable bonds is 4. The van der Waals surface area contributed by atoms with Gasteiger partial charge in [0.2, 0.25) is 5.95 Å². The van der Waals surface area contributed by atoms with Crippen molar-refractivity contribution in [3.8, 4) is 22.8 Å². The van der Waals surface area contributed by atoms with E-state index in [9.17, 15) is 0 Å². The van der Waals surface area contributed by atoms with Crippen molar-refractivity contribution in [2.75, 3.05) is 11.4 Å². The van der Waals surface area contributed by atoms with Gasteiger partial charge in [-0.25, -0.2) is 0 Å². The molecule has 146 valence electrons. The number of pyridine rings is 1. The van der Waals surface area contributed by atoms with Gasteiger partial charge in [-0.05, 0) is 43.7 Å². The molecular weight excluding hydrogens is 390 g/mol. The Kier molecular flexibility index (Phi) is 4.48. The number of anilines is 1. The van der Waals surface area contributed by atoms with Crippen LogP contribution in [0.3, 0.4) is 0 Å². The summed E-state index contributed by atoms with van der Waals surface area (Å²) in [6.07, 6.45) is 4.50. The highest BCUT2D eigenvalue weighted by molar-refractivity contribution is 6.30. The highest BCUT2D eigenvalue weighted by atomic mass is 35.5. The van der Waals surface area contributed by atoms with Gasteiger partial charge in [-0.3, -0.25) is 9.55 Å². The van der Waals surface area contributed by atoms with Crippen molar-refractivity contribution in [2.24, 2.45) is 0 Å². The fourth-order valence-electron chi connectivity index (χ4n) is 3.58. The van der Waals surface area contributed by atoms with Crippen molar-refractivity contribution in [3.63, 3.8) is 0 Å². The molecule has 1 aromatic carbocycles. The molecular formula is C20H18ClN7O. The van der Waals surface area contributed by atoms with Gasteiger partial charge >= 0.3 is 0 Å². The van der Waals surface area contributed by atoms with E-state index in [-0.39, 0.29) is 6.04 Å². The van der Waals surface area contributed by atoms with Crippen LogP contribution in [-0.2, 0) is 6.54 Å². The molecule has 3 aromatic heterocycles. The van der Waals surface area contributed by atoms with Crippen LogP contribution in [-0.4, -0.2) is 36.4 Å². The molecule has 5 rings (SSSR count). The van der Waals surface area contributed by atoms with Crippen molar-refractivity contribution in [1.82, 2.24) is 29.9 Å². The summed E-state index contributed by atoms with van der Waals surface area (Å²) in [5.41, 5.74) is 1.79. The largest absolute Gasteiger partial charge is 0.334 e. The van der Waals surface area contributed by atoms with E-state index in [4.69, 9.17) is 16.1 Å². The normalized spacial score (nSPS) is 14.6. The zero-order valence-electron chi connectivity index (χ0n) is 15.7. The van der Waals surface area contributed by atoms with Crippen LogP contribution in [0.1, 0.15) is 25.2 Å². The fraction of sp³-hybridized carbons (Fsp3) is 0.250. The first kappa shape index (κ1) is 17.8. The molecule has 0 saturated heterocycles. The van der Waals surface area contributed by atoms with Gasteiger partial charge in [0.1, 0.15) is 0 Å². The molecule has 9 heteroatoms. The third-order valence-electron chi connectivity index (χ3n) is 5.06. The Labute approximate surface area is 172 Å². The SMILES string of the molecule is C[C@@H](c1noc(-c2cccc(Cl)c2)n1)N1CCCn2c(-c3ccncc3)nnc21. The van der Waals surface area contributed by atoms with Crippen LogP contribution in [0.5, 0.6) is 0 Å². The number of benzene rings is 1. The first-order valence-corrected chi connectivity index (χ1v) is 9.78. The Morgan fingerprint density at radius 3 is 2.76 bits per heavy atom. The quantitative estimate of drug-likeness (QED) is 0.505. The van der Waals surface area contributed by atoms with E-state index in [2.05, 4.69) is 34.8 Å². The van der Waals surface area contributed by atoms with Crippen LogP contribution in [0.2, 0.25) is 5.02 Å². The Morgan fingerprint density at radius 1 is 1.07 bits per heavy atom. The Hall–Kier alpha value is -3.26. The van der Waals surface area contributed by atoms with Crippen LogP contribution in [0.15, 0.2) is 53.3 Å². The summed E-state index contributed by atoms with van der Waals surface area (Å²) in [6.45, 7) is 3.75. The molecule has 0 radical (unpaired) electrons. The third-order valence-corrected chi connectivity index (χ3v) is 5.30. The molecule has 0 bridgehead atoms. The monoisotopic (exact) mass is 407 g/mol. The Morgan fingerprint density at radius 2 is 1.93 bits per heavy atom. The summed E-state index contributed by atoms with van der Waals surface area (Å²) in [5, 5.41) is 13.7. The van der Waals surface area contributed by atoms with Crippen molar-refractivity contribution >= 4 is 17.5 Å². The maximum atomic E-state index is 6.07. The highest BCUT2D eigenvalue weighted by Gasteiger charge is 2.29. The van der Waals surface area contributed by atoms with Crippen LogP contribution in [0, 0.1) is 0 Å². The lowest BCUT2D eigenvalue weighted by molar-refractivity contribution is 0.411. The molecule has 4 heterocycles. The maximum Gasteiger partial charge on any atom is 0.258 e. The standard InChI is InChI=1S/C20H18ClN7O/c1-13(17-23-19(29-26-17)15-4-2-5-16(21)12-15)27-10-3-11-28-18(24-25-20(27)28)14-6-8-22-9-7-14/h2,4-9,12-13H,3,10-11H2,1H3/t13-/m0/s1. The molecule has 8 nitrogen and oxygen atoms in total. The van der Waals surface area contributed by atoms with Crippen molar-refractivity contribution in [3.05, 3.63) is 59.6 Å².